The SMILES string of the molecule is C=C(/C=C/c1ccc(Cl)cc1)c1ccc(OC[C@@](O)(Cn2cncn2)c2ccc(F)cc2F)cc1. The van der Waals surface area contributed by atoms with Gasteiger partial charge in [-0.2, -0.15) is 5.10 Å². The summed E-state index contributed by atoms with van der Waals surface area (Å²) in [5.41, 5.74) is 0.740. The highest BCUT2D eigenvalue weighted by Crippen LogP contribution is 2.28. The molecule has 0 aliphatic rings. The molecule has 0 radical (unpaired) electrons. The predicted octanol–water partition coefficient (Wildman–Crippen LogP) is 5.90. The number of benzene rings is 3. The van der Waals surface area contributed by atoms with Gasteiger partial charge in [-0.3, -0.25) is 0 Å². The molecule has 0 saturated heterocycles. The van der Waals surface area contributed by atoms with Gasteiger partial charge in [0.15, 0.2) is 0 Å². The van der Waals surface area contributed by atoms with Crippen molar-refractivity contribution in [2.45, 2.75) is 12.1 Å². The van der Waals surface area contributed by atoms with Crippen molar-refractivity contribution in [3.05, 3.63) is 125 Å². The lowest BCUT2D eigenvalue weighted by atomic mass is 9.94. The Bertz CT molecular complexity index is 1320. The Labute approximate surface area is 206 Å². The first kappa shape index (κ1) is 24.3. The Morgan fingerprint density at radius 1 is 1.09 bits per heavy atom. The van der Waals surface area contributed by atoms with Crippen LogP contribution in [0, 0.1) is 11.6 Å². The molecule has 1 atom stereocenters. The maximum absolute atomic E-state index is 14.5. The monoisotopic (exact) mass is 493 g/mol. The van der Waals surface area contributed by atoms with E-state index in [2.05, 4.69) is 16.7 Å². The summed E-state index contributed by atoms with van der Waals surface area (Å²) < 4.78 is 35.1. The van der Waals surface area contributed by atoms with Crippen LogP contribution in [0.3, 0.4) is 0 Å². The van der Waals surface area contributed by atoms with E-state index < -0.39 is 17.2 Å². The molecule has 178 valence electrons. The summed E-state index contributed by atoms with van der Waals surface area (Å²) in [6, 6.07) is 17.6. The van der Waals surface area contributed by atoms with Gasteiger partial charge >= 0.3 is 0 Å². The van der Waals surface area contributed by atoms with E-state index in [0.29, 0.717) is 10.8 Å². The van der Waals surface area contributed by atoms with Crippen LogP contribution in [0.4, 0.5) is 8.78 Å². The molecule has 1 aromatic heterocycles. The molecule has 0 saturated carbocycles. The minimum Gasteiger partial charge on any atom is -0.490 e. The molecule has 1 N–H and O–H groups in total. The topological polar surface area (TPSA) is 60.2 Å². The molecule has 8 heteroatoms. The average molecular weight is 494 g/mol. The van der Waals surface area contributed by atoms with Gasteiger partial charge in [0.2, 0.25) is 0 Å². The van der Waals surface area contributed by atoms with E-state index in [-0.39, 0.29) is 18.7 Å². The van der Waals surface area contributed by atoms with Crippen molar-refractivity contribution in [2.75, 3.05) is 6.61 Å². The Morgan fingerprint density at radius 2 is 1.83 bits per heavy atom. The highest BCUT2D eigenvalue weighted by molar-refractivity contribution is 6.30. The van der Waals surface area contributed by atoms with Crippen molar-refractivity contribution >= 4 is 23.3 Å². The lowest BCUT2D eigenvalue weighted by Gasteiger charge is -2.29. The minimum absolute atomic E-state index is 0.105. The van der Waals surface area contributed by atoms with Crippen LogP contribution in [0.1, 0.15) is 16.7 Å². The van der Waals surface area contributed by atoms with Crippen LogP contribution < -0.4 is 4.74 Å². The average Bonchev–Trinajstić information content (AvgIpc) is 3.35. The highest BCUT2D eigenvalue weighted by Gasteiger charge is 2.34. The molecule has 3 aromatic carbocycles. The number of hydrogen-bond donors (Lipinski definition) is 1. The van der Waals surface area contributed by atoms with E-state index in [1.54, 1.807) is 12.1 Å². The van der Waals surface area contributed by atoms with Gasteiger partial charge in [0.1, 0.15) is 42.2 Å². The molecule has 5 nitrogen and oxygen atoms in total. The number of ether oxygens (including phenoxy) is 1. The zero-order valence-electron chi connectivity index (χ0n) is 18.6. The van der Waals surface area contributed by atoms with Gasteiger partial charge in [0, 0.05) is 16.7 Å². The lowest BCUT2D eigenvalue weighted by Crippen LogP contribution is -2.39. The molecule has 35 heavy (non-hydrogen) atoms. The second-order valence-corrected chi connectivity index (χ2v) is 8.41. The molecule has 0 unspecified atom stereocenters. The maximum atomic E-state index is 14.5. The summed E-state index contributed by atoms with van der Waals surface area (Å²) >= 11 is 5.91. The van der Waals surface area contributed by atoms with Crippen molar-refractivity contribution in [3.63, 3.8) is 0 Å². The summed E-state index contributed by atoms with van der Waals surface area (Å²) in [6.45, 7) is 3.65. The molecule has 0 amide bonds. The molecule has 0 bridgehead atoms. The van der Waals surface area contributed by atoms with Crippen molar-refractivity contribution in [3.8, 4) is 5.75 Å². The van der Waals surface area contributed by atoms with Crippen molar-refractivity contribution in [1.29, 1.82) is 0 Å². The number of allylic oxidation sites excluding steroid dienone is 2. The van der Waals surface area contributed by atoms with E-state index in [9.17, 15) is 13.9 Å². The predicted molar refractivity (Wildman–Crippen MR) is 132 cm³/mol. The summed E-state index contributed by atoms with van der Waals surface area (Å²) in [6.07, 6.45) is 6.53. The zero-order chi connectivity index (χ0) is 24.8. The van der Waals surface area contributed by atoms with Crippen LogP contribution in [0.5, 0.6) is 5.75 Å². The van der Waals surface area contributed by atoms with Gasteiger partial charge in [-0.25, -0.2) is 18.4 Å². The second kappa shape index (κ2) is 10.6. The fourth-order valence-corrected chi connectivity index (χ4v) is 3.62. The highest BCUT2D eigenvalue weighted by atomic mass is 35.5. The summed E-state index contributed by atoms with van der Waals surface area (Å²) in [7, 11) is 0. The fourth-order valence-electron chi connectivity index (χ4n) is 3.49. The van der Waals surface area contributed by atoms with Gasteiger partial charge in [-0.05, 0) is 47.0 Å². The molecule has 0 aliphatic carbocycles. The number of rotatable bonds is 9. The van der Waals surface area contributed by atoms with Gasteiger partial charge in [0.05, 0.1) is 6.54 Å². The summed E-state index contributed by atoms with van der Waals surface area (Å²) in [5, 5.41) is 16.0. The largest absolute Gasteiger partial charge is 0.490 e. The van der Waals surface area contributed by atoms with E-state index in [4.69, 9.17) is 16.3 Å². The molecular weight excluding hydrogens is 472 g/mol. The first-order valence-electron chi connectivity index (χ1n) is 10.7. The molecular formula is C27H22ClF2N3O2. The first-order valence-corrected chi connectivity index (χ1v) is 11.1. The molecule has 4 aromatic rings. The van der Waals surface area contributed by atoms with Crippen LogP contribution in [-0.2, 0) is 12.1 Å². The summed E-state index contributed by atoms with van der Waals surface area (Å²) in [5.74, 6) is -1.16. The Kier molecular flexibility index (Phi) is 7.39. The fraction of sp³-hybridized carbons (Fsp3) is 0.111. The van der Waals surface area contributed by atoms with Gasteiger partial charge in [0.25, 0.3) is 0 Å². The van der Waals surface area contributed by atoms with E-state index in [1.165, 1.54) is 23.4 Å². The second-order valence-electron chi connectivity index (χ2n) is 7.97. The number of hydrogen-bond acceptors (Lipinski definition) is 4. The van der Waals surface area contributed by atoms with Gasteiger partial charge < -0.3 is 9.84 Å². The maximum Gasteiger partial charge on any atom is 0.146 e. The molecule has 1 heterocycles. The van der Waals surface area contributed by atoms with Crippen molar-refractivity contribution in [2.24, 2.45) is 0 Å². The Balaban J connectivity index is 1.47. The van der Waals surface area contributed by atoms with Gasteiger partial charge in [-0.15, -0.1) is 0 Å². The van der Waals surface area contributed by atoms with Crippen molar-refractivity contribution < 1.29 is 18.6 Å². The third-order valence-electron chi connectivity index (χ3n) is 5.37. The van der Waals surface area contributed by atoms with Crippen LogP contribution in [0.25, 0.3) is 11.6 Å². The number of halogens is 3. The number of nitrogens with zero attached hydrogens (tertiary/aromatic N) is 3. The number of aliphatic hydroxyl groups is 1. The molecule has 0 aliphatic heterocycles. The smallest absolute Gasteiger partial charge is 0.146 e. The van der Waals surface area contributed by atoms with Gasteiger partial charge in [-0.1, -0.05) is 60.7 Å². The normalized spacial score (nSPS) is 13.0. The van der Waals surface area contributed by atoms with Crippen LogP contribution >= 0.6 is 11.6 Å². The Morgan fingerprint density at radius 3 is 2.49 bits per heavy atom. The molecule has 4 rings (SSSR count). The first-order chi connectivity index (χ1) is 16.8. The molecule has 0 spiro atoms. The standard InChI is InChI=1S/C27H22ClF2N3O2/c1-19(2-3-20-4-8-22(28)9-5-20)21-6-11-24(12-7-21)35-16-27(34,15-33-18-31-17-32-33)25-13-10-23(29)14-26(25)30/h2-14,17-18,34H,1,15-16H2/b3-2+/t27-/m0/s1. The third-order valence-corrected chi connectivity index (χ3v) is 5.62. The lowest BCUT2D eigenvalue weighted by molar-refractivity contribution is -0.0297. The van der Waals surface area contributed by atoms with E-state index >= 15 is 0 Å². The molecule has 0 fully saturated rings. The van der Waals surface area contributed by atoms with E-state index in [1.807, 2.05) is 48.6 Å². The van der Waals surface area contributed by atoms with Crippen LogP contribution in [0.15, 0.2) is 92.0 Å². The zero-order valence-corrected chi connectivity index (χ0v) is 19.4. The quantitative estimate of drug-likeness (QED) is 0.295. The minimum atomic E-state index is -1.82. The Hall–Kier alpha value is -3.81. The van der Waals surface area contributed by atoms with E-state index in [0.717, 1.165) is 28.8 Å². The van der Waals surface area contributed by atoms with Crippen LogP contribution in [0.2, 0.25) is 5.02 Å². The van der Waals surface area contributed by atoms with Crippen molar-refractivity contribution in [1.82, 2.24) is 14.8 Å². The number of aromatic nitrogens is 3. The summed E-state index contributed by atoms with van der Waals surface area (Å²) in [4.78, 5) is 3.85. The van der Waals surface area contributed by atoms with Crippen LogP contribution in [-0.4, -0.2) is 26.5 Å². The third kappa shape index (κ3) is 6.20.